The van der Waals surface area contributed by atoms with Crippen molar-refractivity contribution in [3.05, 3.63) is 11.8 Å². The summed E-state index contributed by atoms with van der Waals surface area (Å²) in [4.78, 5) is 22.4. The molecule has 0 aromatic heterocycles. The van der Waals surface area contributed by atoms with E-state index >= 15 is 0 Å². The maximum atomic E-state index is 11.2. The summed E-state index contributed by atoms with van der Waals surface area (Å²) in [6, 6.07) is 0. The van der Waals surface area contributed by atoms with Gasteiger partial charge in [0.05, 0.1) is 0 Å². The molecule has 4 nitrogen and oxygen atoms in total. The largest absolute Gasteiger partial charge is 0.481 e. The highest BCUT2D eigenvalue weighted by Crippen LogP contribution is 2.42. The molecule has 1 amide bonds. The van der Waals surface area contributed by atoms with Gasteiger partial charge in [0.25, 0.3) is 0 Å². The van der Waals surface area contributed by atoms with Crippen molar-refractivity contribution >= 4 is 11.9 Å². The molecule has 0 aromatic carbocycles. The molecule has 2 aliphatic rings. The zero-order chi connectivity index (χ0) is 10.2. The minimum atomic E-state index is -0.802. The fourth-order valence-corrected chi connectivity index (χ4v) is 2.28. The first-order chi connectivity index (χ1) is 6.65. The Morgan fingerprint density at radius 2 is 2.29 bits per heavy atom. The zero-order valence-electron chi connectivity index (χ0n) is 7.88. The molecule has 1 aliphatic heterocycles. The maximum Gasteiger partial charge on any atom is 0.315 e. The van der Waals surface area contributed by atoms with Gasteiger partial charge in [0, 0.05) is 12.1 Å². The van der Waals surface area contributed by atoms with Crippen LogP contribution in [0.25, 0.3) is 0 Å². The summed E-state index contributed by atoms with van der Waals surface area (Å²) in [6.07, 6.45) is 5.03. The lowest BCUT2D eigenvalue weighted by Gasteiger charge is -2.38. The third kappa shape index (κ3) is 1.22. The van der Waals surface area contributed by atoms with E-state index in [2.05, 4.69) is 5.32 Å². The summed E-state index contributed by atoms with van der Waals surface area (Å²) in [5.41, 5.74) is -0.181. The van der Waals surface area contributed by atoms with Gasteiger partial charge >= 0.3 is 5.97 Å². The number of allylic oxidation sites excluding steroid dienone is 1. The maximum absolute atomic E-state index is 11.2. The number of aliphatic carboxylic acids is 1. The molecule has 0 saturated carbocycles. The van der Waals surface area contributed by atoms with E-state index in [0.29, 0.717) is 25.0 Å². The Kier molecular flexibility index (Phi) is 2.06. The monoisotopic (exact) mass is 195 g/mol. The molecule has 0 bridgehead atoms. The van der Waals surface area contributed by atoms with E-state index in [1.54, 1.807) is 0 Å². The van der Waals surface area contributed by atoms with Crippen LogP contribution in [-0.2, 0) is 9.59 Å². The molecule has 0 spiro atoms. The number of amides is 1. The van der Waals surface area contributed by atoms with Crippen molar-refractivity contribution in [3.63, 3.8) is 0 Å². The molecule has 1 heterocycles. The highest BCUT2D eigenvalue weighted by atomic mass is 16.4. The second-order valence-corrected chi connectivity index (χ2v) is 3.95. The number of fused-ring (bicyclic) bond motifs is 1. The van der Waals surface area contributed by atoms with Gasteiger partial charge in [-0.05, 0) is 25.7 Å². The van der Waals surface area contributed by atoms with Crippen LogP contribution < -0.4 is 5.32 Å². The number of piperidine rings is 1. The molecule has 76 valence electrons. The van der Waals surface area contributed by atoms with E-state index in [-0.39, 0.29) is 5.91 Å². The number of hydrogen-bond donors (Lipinski definition) is 2. The molecule has 0 radical (unpaired) electrons. The predicted octanol–water partition coefficient (Wildman–Crippen LogP) is 1.04. The van der Waals surface area contributed by atoms with Crippen molar-refractivity contribution in [3.8, 4) is 0 Å². The van der Waals surface area contributed by atoms with Crippen molar-refractivity contribution in [1.29, 1.82) is 0 Å². The van der Waals surface area contributed by atoms with Crippen LogP contribution in [0.1, 0.15) is 32.1 Å². The zero-order valence-corrected chi connectivity index (χ0v) is 7.88. The highest BCUT2D eigenvalue weighted by molar-refractivity contribution is 5.87. The molecule has 1 saturated heterocycles. The normalized spacial score (nSPS) is 31.4. The molecule has 2 N–H and O–H groups in total. The summed E-state index contributed by atoms with van der Waals surface area (Å²) >= 11 is 0. The molecule has 1 unspecified atom stereocenters. The van der Waals surface area contributed by atoms with Crippen LogP contribution in [0.15, 0.2) is 11.8 Å². The number of carboxylic acid groups (broad SMARTS) is 1. The summed E-state index contributed by atoms with van der Waals surface area (Å²) in [5, 5.41) is 11.9. The van der Waals surface area contributed by atoms with E-state index in [1.807, 2.05) is 6.08 Å². The summed E-state index contributed by atoms with van der Waals surface area (Å²) < 4.78 is 0. The van der Waals surface area contributed by atoms with Gasteiger partial charge in [0.2, 0.25) is 5.91 Å². The number of carbonyl (C=O) groups excluding carboxylic acids is 1. The van der Waals surface area contributed by atoms with Crippen LogP contribution in [0.5, 0.6) is 0 Å². The fourth-order valence-electron chi connectivity index (χ4n) is 2.28. The van der Waals surface area contributed by atoms with Crippen LogP contribution >= 0.6 is 0 Å². The Morgan fingerprint density at radius 3 is 3.00 bits per heavy atom. The molecular formula is C10H13NO3. The number of carbonyl (C=O) groups is 2. The Morgan fingerprint density at radius 1 is 1.50 bits per heavy atom. The Bertz CT molecular complexity index is 321. The smallest absolute Gasteiger partial charge is 0.315 e. The van der Waals surface area contributed by atoms with Crippen molar-refractivity contribution in [2.24, 2.45) is 5.41 Å². The molecular weight excluding hydrogens is 182 g/mol. The standard InChI is InChI=1S/C10H13NO3/c12-8-4-6-10(9(13)14)5-2-1-3-7(10)11-8/h3H,1-2,4-6H2,(H,11,12)(H,13,14). The van der Waals surface area contributed by atoms with Gasteiger partial charge in [0.1, 0.15) is 5.41 Å². The number of rotatable bonds is 1. The van der Waals surface area contributed by atoms with Gasteiger partial charge in [0.15, 0.2) is 0 Å². The van der Waals surface area contributed by atoms with Gasteiger partial charge in [-0.25, -0.2) is 0 Å². The molecule has 14 heavy (non-hydrogen) atoms. The van der Waals surface area contributed by atoms with Crippen LogP contribution in [0, 0.1) is 5.41 Å². The minimum Gasteiger partial charge on any atom is -0.481 e. The van der Waals surface area contributed by atoms with Crippen molar-refractivity contribution in [1.82, 2.24) is 5.32 Å². The van der Waals surface area contributed by atoms with Gasteiger partial charge in [-0.15, -0.1) is 0 Å². The summed E-state index contributed by atoms with van der Waals surface area (Å²) in [7, 11) is 0. The van der Waals surface area contributed by atoms with Crippen molar-refractivity contribution < 1.29 is 14.7 Å². The third-order valence-electron chi connectivity index (χ3n) is 3.13. The first kappa shape index (κ1) is 9.24. The first-order valence-corrected chi connectivity index (χ1v) is 4.89. The van der Waals surface area contributed by atoms with Crippen LogP contribution in [0.4, 0.5) is 0 Å². The quantitative estimate of drug-likeness (QED) is 0.656. The van der Waals surface area contributed by atoms with Gasteiger partial charge in [-0.2, -0.15) is 0 Å². The van der Waals surface area contributed by atoms with Gasteiger partial charge in [-0.1, -0.05) is 6.08 Å². The SMILES string of the molecule is O=C1CCC2(C(=O)O)CCCC=C2N1. The van der Waals surface area contributed by atoms with E-state index in [0.717, 1.165) is 12.8 Å². The average Bonchev–Trinajstić information content (AvgIpc) is 2.17. The Labute approximate surface area is 82.0 Å². The first-order valence-electron chi connectivity index (χ1n) is 4.89. The fraction of sp³-hybridized carbons (Fsp3) is 0.600. The molecule has 1 aliphatic carbocycles. The molecule has 4 heteroatoms. The third-order valence-corrected chi connectivity index (χ3v) is 3.13. The average molecular weight is 195 g/mol. The van der Waals surface area contributed by atoms with Crippen molar-refractivity contribution in [2.75, 3.05) is 0 Å². The lowest BCUT2D eigenvalue weighted by Crippen LogP contribution is -2.47. The number of nitrogens with one attached hydrogen (secondary N) is 1. The van der Waals surface area contributed by atoms with Crippen LogP contribution in [0.2, 0.25) is 0 Å². The summed E-state index contributed by atoms with van der Waals surface area (Å²) in [6.45, 7) is 0. The van der Waals surface area contributed by atoms with E-state index in [9.17, 15) is 14.7 Å². The van der Waals surface area contributed by atoms with Crippen LogP contribution in [0.3, 0.4) is 0 Å². The van der Waals surface area contributed by atoms with Gasteiger partial charge in [-0.3, -0.25) is 9.59 Å². The lowest BCUT2D eigenvalue weighted by molar-refractivity contribution is -0.149. The van der Waals surface area contributed by atoms with Gasteiger partial charge < -0.3 is 10.4 Å². The van der Waals surface area contributed by atoms with Crippen LogP contribution in [-0.4, -0.2) is 17.0 Å². The predicted molar refractivity (Wildman–Crippen MR) is 49.4 cm³/mol. The molecule has 1 atom stereocenters. The van der Waals surface area contributed by atoms with E-state index in [1.165, 1.54) is 0 Å². The van der Waals surface area contributed by atoms with E-state index in [4.69, 9.17) is 0 Å². The molecule has 1 fully saturated rings. The summed E-state index contributed by atoms with van der Waals surface area (Å²) in [5.74, 6) is -0.863. The Balaban J connectivity index is 2.36. The second-order valence-electron chi connectivity index (χ2n) is 3.95. The Hall–Kier alpha value is -1.32. The molecule has 0 aromatic rings. The second kappa shape index (κ2) is 3.12. The highest BCUT2D eigenvalue weighted by Gasteiger charge is 2.46. The number of hydrogen-bond acceptors (Lipinski definition) is 2. The molecule has 2 rings (SSSR count). The lowest BCUT2D eigenvalue weighted by atomic mass is 9.71. The minimum absolute atomic E-state index is 0.0602. The number of carboxylic acids is 1. The van der Waals surface area contributed by atoms with Crippen molar-refractivity contribution in [2.45, 2.75) is 32.1 Å². The van der Waals surface area contributed by atoms with E-state index < -0.39 is 11.4 Å². The topological polar surface area (TPSA) is 66.4 Å².